The van der Waals surface area contributed by atoms with Gasteiger partial charge in [0.05, 0.1) is 4.90 Å². The van der Waals surface area contributed by atoms with Crippen molar-refractivity contribution in [1.82, 2.24) is 4.72 Å². The lowest BCUT2D eigenvalue weighted by atomic mass is 10.0. The van der Waals surface area contributed by atoms with Crippen molar-refractivity contribution in [2.45, 2.75) is 11.8 Å². The van der Waals surface area contributed by atoms with Crippen LogP contribution in [-0.4, -0.2) is 26.0 Å². The summed E-state index contributed by atoms with van der Waals surface area (Å²) in [4.78, 5) is 10.5. The van der Waals surface area contributed by atoms with Gasteiger partial charge in [0.25, 0.3) is 0 Å². The molecule has 6 heteroatoms. The first-order valence-electron chi connectivity index (χ1n) is 6.27. The van der Waals surface area contributed by atoms with Crippen LogP contribution in [0.2, 0.25) is 0 Å². The smallest absolute Gasteiger partial charge is 0.318 e. The second-order valence-electron chi connectivity index (χ2n) is 4.61. The number of hydrogen-bond donors (Lipinski definition) is 2. The molecule has 0 unspecified atom stereocenters. The van der Waals surface area contributed by atoms with Gasteiger partial charge in [0.2, 0.25) is 10.0 Å². The Morgan fingerprint density at radius 2 is 1.76 bits per heavy atom. The molecule has 0 fully saturated rings. The largest absolute Gasteiger partial charge is 0.480 e. The van der Waals surface area contributed by atoms with Crippen LogP contribution < -0.4 is 4.72 Å². The molecule has 2 N–H and O–H groups in total. The minimum absolute atomic E-state index is 0.0418. The molecule has 0 saturated heterocycles. The highest BCUT2D eigenvalue weighted by Gasteiger charge is 2.15. The van der Waals surface area contributed by atoms with Gasteiger partial charge in [0, 0.05) is 0 Å². The van der Waals surface area contributed by atoms with Gasteiger partial charge in [0.1, 0.15) is 6.54 Å². The van der Waals surface area contributed by atoms with Crippen molar-refractivity contribution in [3.05, 3.63) is 54.1 Å². The molecule has 0 aromatic heterocycles. The molecule has 0 aliphatic heterocycles. The van der Waals surface area contributed by atoms with E-state index in [9.17, 15) is 13.2 Å². The highest BCUT2D eigenvalue weighted by Crippen LogP contribution is 2.22. The number of sulfonamides is 1. The summed E-state index contributed by atoms with van der Waals surface area (Å²) in [5.41, 5.74) is 3.01. The van der Waals surface area contributed by atoms with Crippen LogP contribution in [0.4, 0.5) is 0 Å². The van der Waals surface area contributed by atoms with Crippen molar-refractivity contribution in [1.29, 1.82) is 0 Å². The number of hydrogen-bond acceptors (Lipinski definition) is 3. The SMILES string of the molecule is Cc1cccc(-c2ccc(S(=O)(=O)NCC(=O)O)cc2)c1. The molecule has 0 amide bonds. The number of carboxylic acids is 1. The maximum absolute atomic E-state index is 11.9. The van der Waals surface area contributed by atoms with Gasteiger partial charge < -0.3 is 5.11 Å². The third kappa shape index (κ3) is 3.90. The Kier molecular flexibility index (Phi) is 4.40. The van der Waals surface area contributed by atoms with E-state index >= 15 is 0 Å². The fourth-order valence-corrected chi connectivity index (χ4v) is 2.87. The third-order valence-electron chi connectivity index (χ3n) is 2.93. The lowest BCUT2D eigenvalue weighted by Gasteiger charge is -2.07. The molecule has 2 aromatic carbocycles. The monoisotopic (exact) mass is 305 g/mol. The van der Waals surface area contributed by atoms with Crippen LogP contribution in [0.1, 0.15) is 5.56 Å². The Morgan fingerprint density at radius 3 is 2.33 bits per heavy atom. The minimum atomic E-state index is -3.79. The number of carboxylic acid groups (broad SMARTS) is 1. The Balaban J connectivity index is 2.25. The Labute approximate surface area is 123 Å². The number of benzene rings is 2. The van der Waals surface area contributed by atoms with E-state index in [4.69, 9.17) is 5.11 Å². The van der Waals surface area contributed by atoms with Crippen LogP contribution in [0.25, 0.3) is 11.1 Å². The lowest BCUT2D eigenvalue weighted by molar-refractivity contribution is -0.135. The zero-order valence-corrected chi connectivity index (χ0v) is 12.2. The summed E-state index contributed by atoms with van der Waals surface area (Å²) >= 11 is 0. The summed E-state index contributed by atoms with van der Waals surface area (Å²) in [6.07, 6.45) is 0. The van der Waals surface area contributed by atoms with Crippen LogP contribution in [0.3, 0.4) is 0 Å². The molecule has 0 radical (unpaired) electrons. The number of carbonyl (C=O) groups is 1. The normalized spacial score (nSPS) is 11.3. The van der Waals surface area contributed by atoms with E-state index in [1.54, 1.807) is 12.1 Å². The first-order chi connectivity index (χ1) is 9.88. The van der Waals surface area contributed by atoms with Gasteiger partial charge in [-0.2, -0.15) is 4.72 Å². The summed E-state index contributed by atoms with van der Waals surface area (Å²) in [5.74, 6) is -1.23. The van der Waals surface area contributed by atoms with Crippen LogP contribution >= 0.6 is 0 Å². The standard InChI is InChI=1S/C15H15NO4S/c1-11-3-2-4-13(9-11)12-5-7-14(8-6-12)21(19,20)16-10-15(17)18/h2-9,16H,10H2,1H3,(H,17,18). The van der Waals surface area contributed by atoms with Gasteiger partial charge >= 0.3 is 5.97 Å². The fourth-order valence-electron chi connectivity index (χ4n) is 1.89. The van der Waals surface area contributed by atoms with Crippen molar-refractivity contribution in [3.63, 3.8) is 0 Å². The predicted molar refractivity (Wildman–Crippen MR) is 79.4 cm³/mol. The third-order valence-corrected chi connectivity index (χ3v) is 4.35. The summed E-state index contributed by atoms with van der Waals surface area (Å²) in [7, 11) is -3.79. The van der Waals surface area contributed by atoms with Crippen molar-refractivity contribution >= 4 is 16.0 Å². The molecule has 0 heterocycles. The quantitative estimate of drug-likeness (QED) is 0.885. The van der Waals surface area contributed by atoms with Crippen LogP contribution in [0, 0.1) is 6.92 Å². The first kappa shape index (κ1) is 15.2. The molecule has 2 aromatic rings. The zero-order chi connectivity index (χ0) is 15.5. The first-order valence-corrected chi connectivity index (χ1v) is 7.75. The molecular formula is C15H15NO4S. The van der Waals surface area contributed by atoms with Gasteiger partial charge in [-0.25, -0.2) is 8.42 Å². The Bertz CT molecular complexity index is 751. The average molecular weight is 305 g/mol. The maximum atomic E-state index is 11.9. The summed E-state index contributed by atoms with van der Waals surface area (Å²) in [6, 6.07) is 14.2. The summed E-state index contributed by atoms with van der Waals surface area (Å²) < 4.78 is 25.7. The van der Waals surface area contributed by atoms with E-state index in [2.05, 4.69) is 0 Å². The van der Waals surface area contributed by atoms with Crippen molar-refractivity contribution in [2.75, 3.05) is 6.54 Å². The van der Waals surface area contributed by atoms with Gasteiger partial charge in [-0.1, -0.05) is 42.0 Å². The summed E-state index contributed by atoms with van der Waals surface area (Å²) in [6.45, 7) is 1.35. The van der Waals surface area contributed by atoms with Crippen molar-refractivity contribution in [2.24, 2.45) is 0 Å². The fraction of sp³-hybridized carbons (Fsp3) is 0.133. The molecular weight excluding hydrogens is 290 g/mol. The van der Waals surface area contributed by atoms with Crippen molar-refractivity contribution < 1.29 is 18.3 Å². The number of nitrogens with one attached hydrogen (secondary N) is 1. The second-order valence-corrected chi connectivity index (χ2v) is 6.38. The topological polar surface area (TPSA) is 83.5 Å². The number of rotatable bonds is 5. The highest BCUT2D eigenvalue weighted by molar-refractivity contribution is 7.89. The van der Waals surface area contributed by atoms with Gasteiger partial charge in [-0.05, 0) is 30.2 Å². The molecule has 110 valence electrons. The zero-order valence-electron chi connectivity index (χ0n) is 11.4. The minimum Gasteiger partial charge on any atom is -0.480 e. The highest BCUT2D eigenvalue weighted by atomic mass is 32.2. The summed E-state index contributed by atoms with van der Waals surface area (Å²) in [5, 5.41) is 8.52. The number of aryl methyl sites for hydroxylation is 1. The number of aliphatic carboxylic acids is 1. The molecule has 0 spiro atoms. The maximum Gasteiger partial charge on any atom is 0.318 e. The molecule has 0 saturated carbocycles. The Morgan fingerprint density at radius 1 is 1.10 bits per heavy atom. The van der Waals surface area contributed by atoms with Gasteiger partial charge in [-0.15, -0.1) is 0 Å². The van der Waals surface area contributed by atoms with Crippen LogP contribution in [0.5, 0.6) is 0 Å². The van der Waals surface area contributed by atoms with E-state index < -0.39 is 22.5 Å². The van der Waals surface area contributed by atoms with E-state index in [-0.39, 0.29) is 4.90 Å². The molecule has 0 atom stereocenters. The van der Waals surface area contributed by atoms with Gasteiger partial charge in [0.15, 0.2) is 0 Å². The van der Waals surface area contributed by atoms with Crippen molar-refractivity contribution in [3.8, 4) is 11.1 Å². The molecule has 0 aliphatic carbocycles. The van der Waals surface area contributed by atoms with Crippen LogP contribution in [0.15, 0.2) is 53.4 Å². The molecule has 21 heavy (non-hydrogen) atoms. The van der Waals surface area contributed by atoms with E-state index in [1.807, 2.05) is 35.9 Å². The average Bonchev–Trinajstić information content (AvgIpc) is 2.45. The van der Waals surface area contributed by atoms with Crippen LogP contribution in [-0.2, 0) is 14.8 Å². The van der Waals surface area contributed by atoms with E-state index in [1.165, 1.54) is 12.1 Å². The molecule has 0 bridgehead atoms. The van der Waals surface area contributed by atoms with E-state index in [0.717, 1.165) is 16.7 Å². The Hall–Kier alpha value is -2.18. The van der Waals surface area contributed by atoms with E-state index in [0.29, 0.717) is 0 Å². The lowest BCUT2D eigenvalue weighted by Crippen LogP contribution is -2.29. The molecule has 0 aliphatic rings. The van der Waals surface area contributed by atoms with Gasteiger partial charge in [-0.3, -0.25) is 4.79 Å². The molecule has 5 nitrogen and oxygen atoms in total. The predicted octanol–water partition coefficient (Wildman–Crippen LogP) is 2.02. The molecule has 2 rings (SSSR count). The second kappa shape index (κ2) is 6.07.